The van der Waals surface area contributed by atoms with E-state index in [1.807, 2.05) is 0 Å². The fourth-order valence-electron chi connectivity index (χ4n) is 1.43. The van der Waals surface area contributed by atoms with Gasteiger partial charge in [0.25, 0.3) is 0 Å². The highest BCUT2D eigenvalue weighted by molar-refractivity contribution is 9.11. The van der Waals surface area contributed by atoms with E-state index in [1.165, 1.54) is 4.90 Å². The van der Waals surface area contributed by atoms with Gasteiger partial charge in [0.2, 0.25) is 5.91 Å². The number of anilines is 1. The Bertz CT molecular complexity index is 427. The van der Waals surface area contributed by atoms with Crippen LogP contribution in [-0.4, -0.2) is 23.2 Å². The van der Waals surface area contributed by atoms with Crippen molar-refractivity contribution in [2.45, 2.75) is 6.42 Å². The molecular formula is C9H6Br2N2O2. The van der Waals surface area contributed by atoms with Gasteiger partial charge in [-0.1, -0.05) is 0 Å². The third-order valence-electron chi connectivity index (χ3n) is 2.04. The molecule has 6 heteroatoms. The van der Waals surface area contributed by atoms with Crippen LogP contribution < -0.4 is 4.90 Å². The molecule has 1 aliphatic rings. The first-order chi connectivity index (χ1) is 7.06. The Kier molecular flexibility index (Phi) is 2.88. The summed E-state index contributed by atoms with van der Waals surface area (Å²) in [4.78, 5) is 28.1. The van der Waals surface area contributed by atoms with Crippen molar-refractivity contribution < 1.29 is 9.59 Å². The van der Waals surface area contributed by atoms with Crippen LogP contribution in [-0.2, 0) is 9.59 Å². The maximum atomic E-state index is 11.5. The number of nitrogens with zero attached hydrogens (tertiary/aromatic N) is 2. The van der Waals surface area contributed by atoms with Crippen LogP contribution in [0.25, 0.3) is 0 Å². The summed E-state index contributed by atoms with van der Waals surface area (Å²) in [5.41, 5.74) is 0.680. The molecule has 4 nitrogen and oxygen atoms in total. The minimum Gasteiger partial charge on any atom is -0.304 e. The molecule has 2 rings (SSSR count). The number of Topliss-reactive ketones (excluding diaryl/α,β-unsaturated/α-hetero) is 1. The van der Waals surface area contributed by atoms with Gasteiger partial charge in [-0.25, -0.2) is 4.98 Å². The smallest absolute Gasteiger partial charge is 0.234 e. The second-order valence-electron chi connectivity index (χ2n) is 3.17. The number of carbonyl (C=O) groups is 2. The van der Waals surface area contributed by atoms with Gasteiger partial charge >= 0.3 is 0 Å². The molecule has 0 aliphatic carbocycles. The first kappa shape index (κ1) is 10.8. The van der Waals surface area contributed by atoms with Gasteiger partial charge < -0.3 is 4.90 Å². The van der Waals surface area contributed by atoms with E-state index in [0.717, 1.165) is 0 Å². The maximum absolute atomic E-state index is 11.5. The van der Waals surface area contributed by atoms with Gasteiger partial charge in [0.15, 0.2) is 5.78 Å². The molecule has 2 heterocycles. The number of aromatic nitrogens is 1. The predicted octanol–water partition coefficient (Wildman–Crippen LogP) is 1.91. The molecule has 78 valence electrons. The molecule has 0 N–H and O–H groups in total. The number of hydrogen-bond acceptors (Lipinski definition) is 3. The van der Waals surface area contributed by atoms with Gasteiger partial charge in [-0.05, 0) is 44.0 Å². The zero-order valence-electron chi connectivity index (χ0n) is 7.54. The molecule has 1 amide bonds. The molecule has 0 spiro atoms. The van der Waals surface area contributed by atoms with Gasteiger partial charge in [-0.2, -0.15) is 0 Å². The van der Waals surface area contributed by atoms with Crippen molar-refractivity contribution >= 4 is 49.2 Å². The lowest BCUT2D eigenvalue weighted by atomic mass is 10.3. The zero-order valence-corrected chi connectivity index (χ0v) is 10.7. The second-order valence-corrected chi connectivity index (χ2v) is 4.79. The summed E-state index contributed by atoms with van der Waals surface area (Å²) in [5, 5.41) is 0. The van der Waals surface area contributed by atoms with Crippen molar-refractivity contribution in [2.75, 3.05) is 11.4 Å². The molecule has 15 heavy (non-hydrogen) atoms. The lowest BCUT2D eigenvalue weighted by molar-refractivity contribution is -0.121. The van der Waals surface area contributed by atoms with Crippen molar-refractivity contribution in [1.82, 2.24) is 4.98 Å². The van der Waals surface area contributed by atoms with Gasteiger partial charge in [0.1, 0.15) is 9.21 Å². The lowest BCUT2D eigenvalue weighted by Gasteiger charge is -2.14. The summed E-state index contributed by atoms with van der Waals surface area (Å²) in [6.07, 6.45) is -0.00242. The fraction of sp³-hybridized carbons (Fsp3) is 0.222. The van der Waals surface area contributed by atoms with Crippen molar-refractivity contribution in [2.24, 2.45) is 0 Å². The van der Waals surface area contributed by atoms with E-state index in [1.54, 1.807) is 12.1 Å². The topological polar surface area (TPSA) is 50.3 Å². The van der Waals surface area contributed by atoms with Crippen LogP contribution in [0, 0.1) is 0 Å². The molecular weight excluding hydrogens is 328 g/mol. The second kappa shape index (κ2) is 4.02. The summed E-state index contributed by atoms with van der Waals surface area (Å²) >= 11 is 6.46. The van der Waals surface area contributed by atoms with E-state index < -0.39 is 0 Å². The van der Waals surface area contributed by atoms with Crippen molar-refractivity contribution in [3.05, 3.63) is 21.3 Å². The summed E-state index contributed by atoms with van der Waals surface area (Å²) in [6.45, 7) is 0.154. The average molecular weight is 334 g/mol. The van der Waals surface area contributed by atoms with Crippen LogP contribution in [0.2, 0.25) is 0 Å². The van der Waals surface area contributed by atoms with Gasteiger partial charge in [-0.3, -0.25) is 9.59 Å². The van der Waals surface area contributed by atoms with E-state index in [-0.39, 0.29) is 24.7 Å². The van der Waals surface area contributed by atoms with Gasteiger partial charge in [0, 0.05) is 5.69 Å². The highest BCUT2D eigenvalue weighted by Crippen LogP contribution is 2.25. The van der Waals surface area contributed by atoms with E-state index in [4.69, 9.17) is 0 Å². The quantitative estimate of drug-likeness (QED) is 0.582. The molecule has 0 atom stereocenters. The normalized spacial score (nSPS) is 16.3. The van der Waals surface area contributed by atoms with E-state index in [9.17, 15) is 9.59 Å². The molecule has 1 fully saturated rings. The Hall–Kier alpha value is -0.750. The van der Waals surface area contributed by atoms with Crippen LogP contribution in [0.4, 0.5) is 5.69 Å². The highest BCUT2D eigenvalue weighted by Gasteiger charge is 2.28. The van der Waals surface area contributed by atoms with E-state index >= 15 is 0 Å². The number of rotatable bonds is 1. The van der Waals surface area contributed by atoms with Crippen LogP contribution >= 0.6 is 31.9 Å². The Morgan fingerprint density at radius 3 is 2.27 bits per heavy atom. The van der Waals surface area contributed by atoms with Gasteiger partial charge in [-0.15, -0.1) is 0 Å². The molecule has 1 aliphatic heterocycles. The van der Waals surface area contributed by atoms with Gasteiger partial charge in [0.05, 0.1) is 13.0 Å². The van der Waals surface area contributed by atoms with Crippen LogP contribution in [0.15, 0.2) is 21.3 Å². The Morgan fingerprint density at radius 2 is 1.80 bits per heavy atom. The molecule has 0 radical (unpaired) electrons. The molecule has 1 saturated heterocycles. The predicted molar refractivity (Wildman–Crippen MR) is 61.6 cm³/mol. The summed E-state index contributed by atoms with van der Waals surface area (Å²) in [6, 6.07) is 3.42. The molecule has 0 saturated carbocycles. The molecule has 0 bridgehead atoms. The third kappa shape index (κ3) is 2.26. The number of pyridine rings is 1. The maximum Gasteiger partial charge on any atom is 0.234 e. The third-order valence-corrected chi connectivity index (χ3v) is 2.86. The summed E-state index contributed by atoms with van der Waals surface area (Å²) < 4.78 is 1.25. The molecule has 1 aromatic rings. The largest absolute Gasteiger partial charge is 0.304 e. The van der Waals surface area contributed by atoms with Crippen molar-refractivity contribution in [1.29, 1.82) is 0 Å². The molecule has 0 unspecified atom stereocenters. The standard InChI is InChI=1S/C9H6Br2N2O2/c10-7-1-5(2-8(11)12-7)13-4-6(14)3-9(13)15/h1-2H,3-4H2. The molecule has 1 aromatic heterocycles. The lowest BCUT2D eigenvalue weighted by Crippen LogP contribution is -2.24. The SMILES string of the molecule is O=C1CC(=O)N(c2cc(Br)nc(Br)c2)C1. The number of carbonyl (C=O) groups excluding carboxylic acids is 2. The van der Waals surface area contributed by atoms with Crippen LogP contribution in [0.1, 0.15) is 6.42 Å². The monoisotopic (exact) mass is 332 g/mol. The Labute approximate surface area is 103 Å². The van der Waals surface area contributed by atoms with Crippen LogP contribution in [0.5, 0.6) is 0 Å². The Balaban J connectivity index is 2.37. The minimum atomic E-state index is -0.162. The Morgan fingerprint density at radius 1 is 1.20 bits per heavy atom. The van der Waals surface area contributed by atoms with Crippen molar-refractivity contribution in [3.8, 4) is 0 Å². The number of ketones is 1. The zero-order chi connectivity index (χ0) is 11.0. The van der Waals surface area contributed by atoms with Crippen LogP contribution in [0.3, 0.4) is 0 Å². The number of halogens is 2. The number of hydrogen-bond donors (Lipinski definition) is 0. The fourth-order valence-corrected chi connectivity index (χ4v) is 2.52. The average Bonchev–Trinajstić information content (AvgIpc) is 2.43. The molecule has 0 aromatic carbocycles. The summed E-state index contributed by atoms with van der Waals surface area (Å²) in [7, 11) is 0. The summed E-state index contributed by atoms with van der Waals surface area (Å²) in [5.74, 6) is -0.214. The highest BCUT2D eigenvalue weighted by atomic mass is 79.9. The first-order valence-corrected chi connectivity index (χ1v) is 5.80. The van der Waals surface area contributed by atoms with E-state index in [2.05, 4.69) is 36.8 Å². The van der Waals surface area contributed by atoms with E-state index in [0.29, 0.717) is 14.9 Å². The van der Waals surface area contributed by atoms with Crippen molar-refractivity contribution in [3.63, 3.8) is 0 Å². The first-order valence-electron chi connectivity index (χ1n) is 4.21. The minimum absolute atomic E-state index is 0.00242. The number of amides is 1.